The fourth-order valence-electron chi connectivity index (χ4n) is 2.95. The molecule has 0 unspecified atom stereocenters. The van der Waals surface area contributed by atoms with E-state index in [0.717, 1.165) is 31.6 Å². The van der Waals surface area contributed by atoms with Crippen molar-refractivity contribution >= 4 is 12.0 Å². The van der Waals surface area contributed by atoms with E-state index >= 15 is 0 Å². The molecule has 0 aliphatic carbocycles. The third kappa shape index (κ3) is 2.18. The quantitative estimate of drug-likeness (QED) is 0.798. The van der Waals surface area contributed by atoms with Gasteiger partial charge in [-0.2, -0.15) is 0 Å². The molecule has 2 fully saturated rings. The molecule has 2 heterocycles. The zero-order valence-corrected chi connectivity index (χ0v) is 10.4. The van der Waals surface area contributed by atoms with Crippen molar-refractivity contribution in [1.82, 2.24) is 10.2 Å². The van der Waals surface area contributed by atoms with Crippen LogP contribution >= 0.6 is 0 Å². The number of hydrogen-bond donors (Lipinski definition) is 1. The minimum Gasteiger partial charge on any atom is -0.335 e. The lowest BCUT2D eigenvalue weighted by molar-refractivity contribution is -0.126. The zero-order valence-electron chi connectivity index (χ0n) is 10.4. The van der Waals surface area contributed by atoms with Crippen molar-refractivity contribution in [3.63, 3.8) is 0 Å². The van der Waals surface area contributed by atoms with E-state index in [2.05, 4.69) is 5.32 Å². The number of nitrogens with one attached hydrogen (secondary N) is 1. The Hall–Kier alpha value is -1.61. The first-order chi connectivity index (χ1) is 8.84. The van der Waals surface area contributed by atoms with Crippen molar-refractivity contribution in [2.45, 2.75) is 12.5 Å². The molecule has 1 aromatic carbocycles. The molecular formula is C15H18N2O. The molecule has 2 aliphatic rings. The van der Waals surface area contributed by atoms with Gasteiger partial charge >= 0.3 is 0 Å². The topological polar surface area (TPSA) is 32.3 Å². The van der Waals surface area contributed by atoms with E-state index in [1.165, 1.54) is 0 Å². The van der Waals surface area contributed by atoms with Crippen LogP contribution in [0.4, 0.5) is 0 Å². The summed E-state index contributed by atoms with van der Waals surface area (Å²) in [6.45, 7) is 2.93. The van der Waals surface area contributed by atoms with E-state index in [0.29, 0.717) is 12.0 Å². The van der Waals surface area contributed by atoms with Crippen LogP contribution in [0.2, 0.25) is 0 Å². The van der Waals surface area contributed by atoms with Crippen molar-refractivity contribution in [2.24, 2.45) is 5.92 Å². The smallest absolute Gasteiger partial charge is 0.246 e. The normalized spacial score (nSPS) is 26.8. The number of amides is 1. The highest BCUT2D eigenvalue weighted by Crippen LogP contribution is 2.27. The van der Waals surface area contributed by atoms with Gasteiger partial charge in [0.15, 0.2) is 0 Å². The minimum atomic E-state index is 0.148. The predicted octanol–water partition coefficient (Wildman–Crippen LogP) is 1.52. The fraction of sp³-hybridized carbons (Fsp3) is 0.400. The van der Waals surface area contributed by atoms with Gasteiger partial charge in [0.05, 0.1) is 0 Å². The first-order valence-electron chi connectivity index (χ1n) is 6.59. The van der Waals surface area contributed by atoms with Gasteiger partial charge in [-0.05, 0) is 24.0 Å². The minimum absolute atomic E-state index is 0.148. The molecule has 1 amide bonds. The van der Waals surface area contributed by atoms with Gasteiger partial charge in [-0.25, -0.2) is 0 Å². The largest absolute Gasteiger partial charge is 0.335 e. The van der Waals surface area contributed by atoms with Gasteiger partial charge in [-0.3, -0.25) is 4.79 Å². The number of nitrogens with zero attached hydrogens (tertiary/aromatic N) is 1. The van der Waals surface area contributed by atoms with Crippen LogP contribution in [0.25, 0.3) is 6.08 Å². The average Bonchev–Trinajstić information content (AvgIpc) is 2.99. The van der Waals surface area contributed by atoms with Crippen molar-refractivity contribution in [1.29, 1.82) is 0 Å². The maximum atomic E-state index is 12.2. The molecular weight excluding hydrogens is 224 g/mol. The average molecular weight is 242 g/mol. The molecule has 3 rings (SSSR count). The van der Waals surface area contributed by atoms with Crippen molar-refractivity contribution in [3.05, 3.63) is 42.0 Å². The summed E-state index contributed by atoms with van der Waals surface area (Å²) in [5.41, 5.74) is 1.08. The second-order valence-corrected chi connectivity index (χ2v) is 5.05. The summed E-state index contributed by atoms with van der Waals surface area (Å²) in [7, 11) is 0. The van der Waals surface area contributed by atoms with Gasteiger partial charge in [-0.1, -0.05) is 30.3 Å². The molecule has 1 aromatic rings. The standard InChI is InChI=1S/C15H18N2O/c18-15(7-6-12-4-2-1-3-5-12)17-9-8-13-10-16-11-14(13)17/h1-7,13-14,16H,8-11H2/b7-6+/t13-,14+/m1/s1. The predicted molar refractivity (Wildman–Crippen MR) is 72.0 cm³/mol. The van der Waals surface area contributed by atoms with Gasteiger partial charge < -0.3 is 10.2 Å². The fourth-order valence-corrected chi connectivity index (χ4v) is 2.95. The Kier molecular flexibility index (Phi) is 3.15. The van der Waals surface area contributed by atoms with Gasteiger partial charge in [-0.15, -0.1) is 0 Å². The number of carbonyl (C=O) groups is 1. The van der Waals surface area contributed by atoms with E-state index in [1.807, 2.05) is 41.3 Å². The molecule has 3 nitrogen and oxygen atoms in total. The zero-order chi connectivity index (χ0) is 12.4. The summed E-state index contributed by atoms with van der Waals surface area (Å²) in [5.74, 6) is 0.814. The van der Waals surface area contributed by atoms with Gasteiger partial charge in [0.2, 0.25) is 5.91 Å². The number of hydrogen-bond acceptors (Lipinski definition) is 2. The number of carbonyl (C=O) groups excluding carboxylic acids is 1. The van der Waals surface area contributed by atoms with E-state index in [4.69, 9.17) is 0 Å². The number of likely N-dealkylation sites (tertiary alicyclic amines) is 1. The monoisotopic (exact) mass is 242 g/mol. The molecule has 2 saturated heterocycles. The lowest BCUT2D eigenvalue weighted by Crippen LogP contribution is -2.38. The van der Waals surface area contributed by atoms with Crippen LogP contribution in [0.15, 0.2) is 36.4 Å². The van der Waals surface area contributed by atoms with Crippen LogP contribution in [0.5, 0.6) is 0 Å². The lowest BCUT2D eigenvalue weighted by atomic mass is 10.1. The third-order valence-electron chi connectivity index (χ3n) is 3.95. The van der Waals surface area contributed by atoms with Crippen molar-refractivity contribution in [3.8, 4) is 0 Å². The van der Waals surface area contributed by atoms with Crippen LogP contribution in [0, 0.1) is 5.92 Å². The van der Waals surface area contributed by atoms with E-state index in [9.17, 15) is 4.79 Å². The molecule has 2 aliphatic heterocycles. The molecule has 0 bridgehead atoms. The van der Waals surface area contributed by atoms with E-state index in [1.54, 1.807) is 6.08 Å². The van der Waals surface area contributed by atoms with Crippen LogP contribution in [0.3, 0.4) is 0 Å². The third-order valence-corrected chi connectivity index (χ3v) is 3.95. The number of benzene rings is 1. The Morgan fingerprint density at radius 1 is 1.28 bits per heavy atom. The van der Waals surface area contributed by atoms with Crippen LogP contribution in [-0.4, -0.2) is 36.5 Å². The van der Waals surface area contributed by atoms with Crippen LogP contribution < -0.4 is 5.32 Å². The molecule has 3 heteroatoms. The summed E-state index contributed by atoms with van der Waals surface area (Å²) >= 11 is 0. The first-order valence-corrected chi connectivity index (χ1v) is 6.59. The second-order valence-electron chi connectivity index (χ2n) is 5.05. The molecule has 2 atom stereocenters. The highest BCUT2D eigenvalue weighted by Gasteiger charge is 2.38. The summed E-state index contributed by atoms with van der Waals surface area (Å²) in [6, 6.07) is 10.4. The molecule has 0 saturated carbocycles. The number of fused-ring (bicyclic) bond motifs is 1. The Labute approximate surface area is 107 Å². The summed E-state index contributed by atoms with van der Waals surface area (Å²) in [4.78, 5) is 14.2. The molecule has 94 valence electrons. The van der Waals surface area contributed by atoms with Crippen molar-refractivity contribution < 1.29 is 4.79 Å². The Bertz CT molecular complexity index is 455. The van der Waals surface area contributed by atoms with E-state index in [-0.39, 0.29) is 5.91 Å². The lowest BCUT2D eigenvalue weighted by Gasteiger charge is -2.21. The Morgan fingerprint density at radius 2 is 2.11 bits per heavy atom. The van der Waals surface area contributed by atoms with Crippen LogP contribution in [0.1, 0.15) is 12.0 Å². The summed E-state index contributed by atoms with van der Waals surface area (Å²) < 4.78 is 0. The van der Waals surface area contributed by atoms with Crippen molar-refractivity contribution in [2.75, 3.05) is 19.6 Å². The Balaban J connectivity index is 1.67. The number of rotatable bonds is 2. The van der Waals surface area contributed by atoms with Crippen LogP contribution in [-0.2, 0) is 4.79 Å². The molecule has 0 spiro atoms. The molecule has 18 heavy (non-hydrogen) atoms. The maximum Gasteiger partial charge on any atom is 0.246 e. The maximum absolute atomic E-state index is 12.2. The Morgan fingerprint density at radius 3 is 2.94 bits per heavy atom. The van der Waals surface area contributed by atoms with Gasteiger partial charge in [0.1, 0.15) is 0 Å². The SMILES string of the molecule is O=C(/C=C/c1ccccc1)N1CC[C@@H]2CNC[C@@H]21. The highest BCUT2D eigenvalue weighted by molar-refractivity contribution is 5.92. The summed E-state index contributed by atoms with van der Waals surface area (Å²) in [5, 5.41) is 3.36. The second kappa shape index (κ2) is 4.94. The van der Waals surface area contributed by atoms with Gasteiger partial charge in [0, 0.05) is 31.8 Å². The highest BCUT2D eigenvalue weighted by atomic mass is 16.2. The van der Waals surface area contributed by atoms with E-state index < -0.39 is 0 Å². The molecule has 0 radical (unpaired) electrons. The first kappa shape index (κ1) is 11.5. The molecule has 0 aromatic heterocycles. The molecule has 1 N–H and O–H groups in total. The summed E-state index contributed by atoms with van der Waals surface area (Å²) in [6.07, 6.45) is 4.75. The van der Waals surface area contributed by atoms with Gasteiger partial charge in [0.25, 0.3) is 0 Å².